The molecule has 384 valence electrons. The lowest BCUT2D eigenvalue weighted by Crippen LogP contribution is -2.45. The van der Waals surface area contributed by atoms with Gasteiger partial charge in [0.25, 0.3) is 0 Å². The van der Waals surface area contributed by atoms with Gasteiger partial charge in [-0.05, 0) is 57.8 Å². The molecular weight excluding hydrogens is 803 g/mol. The van der Waals surface area contributed by atoms with E-state index in [1.165, 1.54) is 212 Å². The maximum atomic E-state index is 12.5. The molecule has 0 heterocycles. The van der Waals surface area contributed by atoms with Gasteiger partial charge in [-0.15, -0.1) is 0 Å². The highest BCUT2D eigenvalue weighted by Gasteiger charge is 2.18. The fourth-order valence-corrected chi connectivity index (χ4v) is 8.98. The molecule has 1 amide bonds. The Kier molecular flexibility index (Phi) is 53.5. The van der Waals surface area contributed by atoms with Crippen molar-refractivity contribution < 1.29 is 24.5 Å². The molecule has 0 saturated heterocycles. The van der Waals surface area contributed by atoms with Gasteiger partial charge in [-0.3, -0.25) is 9.59 Å². The van der Waals surface area contributed by atoms with Crippen LogP contribution in [0.5, 0.6) is 0 Å². The smallest absolute Gasteiger partial charge is 0.305 e. The second kappa shape index (κ2) is 54.9. The monoisotopic (exact) mass is 916 g/mol. The van der Waals surface area contributed by atoms with Crippen LogP contribution in [-0.4, -0.2) is 47.4 Å². The molecule has 0 aromatic carbocycles. The summed E-state index contributed by atoms with van der Waals surface area (Å²) in [6.07, 6.45) is 66.4. The Balaban J connectivity index is 3.53. The lowest BCUT2D eigenvalue weighted by molar-refractivity contribution is -0.143. The van der Waals surface area contributed by atoms with Gasteiger partial charge in [0.15, 0.2) is 0 Å². The van der Waals surface area contributed by atoms with E-state index in [9.17, 15) is 19.8 Å². The molecule has 0 spiro atoms. The number of aliphatic hydroxyl groups is 2. The van der Waals surface area contributed by atoms with Gasteiger partial charge in [0, 0.05) is 12.8 Å². The van der Waals surface area contributed by atoms with E-state index in [0.717, 1.165) is 77.0 Å². The molecule has 6 nitrogen and oxygen atoms in total. The van der Waals surface area contributed by atoms with Gasteiger partial charge in [-0.25, -0.2) is 0 Å². The molecule has 6 heteroatoms. The molecular formula is C59H113NO5. The molecule has 0 saturated carbocycles. The van der Waals surface area contributed by atoms with Gasteiger partial charge in [0.05, 0.1) is 25.4 Å². The second-order valence-corrected chi connectivity index (χ2v) is 20.0. The van der Waals surface area contributed by atoms with Gasteiger partial charge in [-0.2, -0.15) is 0 Å². The molecule has 0 aliphatic carbocycles. The summed E-state index contributed by atoms with van der Waals surface area (Å²) in [5.74, 6) is -0.137. The van der Waals surface area contributed by atoms with Crippen LogP contribution >= 0.6 is 0 Å². The van der Waals surface area contributed by atoms with Gasteiger partial charge >= 0.3 is 5.97 Å². The number of allylic oxidation sites excluding steroid dienone is 3. The van der Waals surface area contributed by atoms with Crippen molar-refractivity contribution in [1.82, 2.24) is 5.32 Å². The number of esters is 1. The first-order valence-electron chi connectivity index (χ1n) is 29.1. The van der Waals surface area contributed by atoms with Crippen molar-refractivity contribution in [2.24, 2.45) is 0 Å². The third-order valence-electron chi connectivity index (χ3n) is 13.5. The number of nitrogens with one attached hydrogen (secondary N) is 1. The van der Waals surface area contributed by atoms with Crippen molar-refractivity contribution in [1.29, 1.82) is 0 Å². The molecule has 0 radical (unpaired) electrons. The zero-order valence-corrected chi connectivity index (χ0v) is 43.7. The summed E-state index contributed by atoms with van der Waals surface area (Å²) in [6.45, 7) is 4.83. The lowest BCUT2D eigenvalue weighted by Gasteiger charge is -2.20. The zero-order chi connectivity index (χ0) is 47.2. The Morgan fingerprint density at radius 2 is 0.723 bits per heavy atom. The Morgan fingerprint density at radius 3 is 1.09 bits per heavy atom. The highest BCUT2D eigenvalue weighted by atomic mass is 16.5. The third kappa shape index (κ3) is 51.6. The van der Waals surface area contributed by atoms with E-state index in [2.05, 4.69) is 31.3 Å². The van der Waals surface area contributed by atoms with Crippen LogP contribution in [0.25, 0.3) is 0 Å². The highest BCUT2D eigenvalue weighted by molar-refractivity contribution is 5.76. The Morgan fingerprint density at radius 1 is 0.415 bits per heavy atom. The number of carbonyl (C=O) groups excluding carboxylic acids is 2. The van der Waals surface area contributed by atoms with E-state index in [-0.39, 0.29) is 18.5 Å². The first-order chi connectivity index (χ1) is 32.0. The van der Waals surface area contributed by atoms with Crippen molar-refractivity contribution in [3.63, 3.8) is 0 Å². The number of rotatable bonds is 54. The van der Waals surface area contributed by atoms with Gasteiger partial charge in [-0.1, -0.05) is 269 Å². The minimum atomic E-state index is -0.867. The Hall–Kier alpha value is -1.66. The normalized spacial score (nSPS) is 12.7. The van der Waals surface area contributed by atoms with Crippen LogP contribution in [0.3, 0.4) is 0 Å². The highest BCUT2D eigenvalue weighted by Crippen LogP contribution is 2.17. The van der Waals surface area contributed by atoms with Crippen LogP contribution in [0, 0.1) is 0 Å². The SMILES string of the molecule is CCCCCCCCCCCCCCCCCCCCCCCCC/C=C/C(O)C(CO)NC(=O)CCCCCC/C=C\CCCCOC(=O)CCCCCCCCCCCCCCC. The van der Waals surface area contributed by atoms with Gasteiger partial charge in [0.2, 0.25) is 5.91 Å². The average Bonchev–Trinajstić information content (AvgIpc) is 3.31. The lowest BCUT2D eigenvalue weighted by atomic mass is 10.0. The molecule has 65 heavy (non-hydrogen) atoms. The summed E-state index contributed by atoms with van der Waals surface area (Å²) in [6, 6.07) is -0.653. The van der Waals surface area contributed by atoms with Crippen LogP contribution in [0.2, 0.25) is 0 Å². The Labute approximate surface area is 405 Å². The minimum absolute atomic E-state index is 0.0362. The van der Waals surface area contributed by atoms with E-state index in [1.807, 2.05) is 6.08 Å². The van der Waals surface area contributed by atoms with E-state index in [1.54, 1.807) is 6.08 Å². The molecule has 0 fully saturated rings. The van der Waals surface area contributed by atoms with Crippen LogP contribution in [0.15, 0.2) is 24.3 Å². The molecule has 3 N–H and O–H groups in total. The summed E-state index contributed by atoms with van der Waals surface area (Å²) in [7, 11) is 0. The number of amides is 1. The van der Waals surface area contributed by atoms with Crippen LogP contribution in [0.4, 0.5) is 0 Å². The third-order valence-corrected chi connectivity index (χ3v) is 13.5. The maximum Gasteiger partial charge on any atom is 0.305 e. The number of aliphatic hydroxyl groups excluding tert-OH is 2. The number of ether oxygens (including phenoxy) is 1. The fourth-order valence-electron chi connectivity index (χ4n) is 8.98. The molecule has 0 rings (SSSR count). The van der Waals surface area contributed by atoms with E-state index < -0.39 is 12.1 Å². The molecule has 0 bridgehead atoms. The maximum absolute atomic E-state index is 12.5. The second-order valence-electron chi connectivity index (χ2n) is 20.0. The quantitative estimate of drug-likeness (QED) is 0.0321. The van der Waals surface area contributed by atoms with E-state index in [4.69, 9.17) is 4.74 Å². The summed E-state index contributed by atoms with van der Waals surface area (Å²) in [5, 5.41) is 23.2. The average molecular weight is 917 g/mol. The molecule has 2 atom stereocenters. The number of hydrogen-bond donors (Lipinski definition) is 3. The van der Waals surface area contributed by atoms with Crippen LogP contribution < -0.4 is 5.32 Å². The summed E-state index contributed by atoms with van der Waals surface area (Å²) in [4.78, 5) is 24.5. The standard InChI is InChI=1S/C59H113NO5/c1-3-5-7-9-11-13-15-17-18-19-20-21-22-23-24-25-26-27-28-30-31-35-39-43-47-51-57(62)56(55-61)60-58(63)52-48-44-40-36-33-34-38-42-46-50-54-65-59(64)53-49-45-41-37-32-29-16-14-12-10-8-6-4-2/h34,38,47,51,56-57,61-62H,3-33,35-37,39-46,48-50,52-55H2,1-2H3,(H,60,63)/b38-34-,51-47+. The first-order valence-corrected chi connectivity index (χ1v) is 29.1. The summed E-state index contributed by atoms with van der Waals surface area (Å²) in [5.41, 5.74) is 0. The molecule has 0 aromatic heterocycles. The zero-order valence-electron chi connectivity index (χ0n) is 43.7. The molecule has 2 unspecified atom stereocenters. The van der Waals surface area contributed by atoms with Crippen LogP contribution in [-0.2, 0) is 14.3 Å². The van der Waals surface area contributed by atoms with Gasteiger partial charge in [0.1, 0.15) is 0 Å². The molecule has 0 aromatic rings. The van der Waals surface area contributed by atoms with Crippen molar-refractivity contribution in [2.45, 2.75) is 328 Å². The molecule has 0 aliphatic rings. The number of unbranched alkanes of at least 4 members (excludes halogenated alkanes) is 41. The predicted octanol–water partition coefficient (Wildman–Crippen LogP) is 17.9. The van der Waals surface area contributed by atoms with Crippen LogP contribution in [0.1, 0.15) is 316 Å². The first kappa shape index (κ1) is 63.3. The number of carbonyl (C=O) groups is 2. The van der Waals surface area contributed by atoms with E-state index >= 15 is 0 Å². The molecule has 0 aliphatic heterocycles. The topological polar surface area (TPSA) is 95.9 Å². The minimum Gasteiger partial charge on any atom is -0.466 e. The Bertz CT molecular complexity index is 1010. The van der Waals surface area contributed by atoms with Crippen molar-refractivity contribution >= 4 is 11.9 Å². The summed E-state index contributed by atoms with van der Waals surface area (Å²) >= 11 is 0. The fraction of sp³-hybridized carbons (Fsp3) is 0.898. The van der Waals surface area contributed by atoms with Crippen molar-refractivity contribution in [3.8, 4) is 0 Å². The van der Waals surface area contributed by atoms with Crippen molar-refractivity contribution in [3.05, 3.63) is 24.3 Å². The van der Waals surface area contributed by atoms with E-state index in [0.29, 0.717) is 19.4 Å². The van der Waals surface area contributed by atoms with Crippen molar-refractivity contribution in [2.75, 3.05) is 13.2 Å². The largest absolute Gasteiger partial charge is 0.466 e. The predicted molar refractivity (Wildman–Crippen MR) is 283 cm³/mol. The summed E-state index contributed by atoms with van der Waals surface area (Å²) < 4.78 is 5.43. The number of hydrogen-bond acceptors (Lipinski definition) is 5. The van der Waals surface area contributed by atoms with Gasteiger partial charge < -0.3 is 20.3 Å².